The summed E-state index contributed by atoms with van der Waals surface area (Å²) in [5, 5.41) is 0. The van der Waals surface area contributed by atoms with Crippen LogP contribution < -0.4 is 10.5 Å². The highest BCUT2D eigenvalue weighted by Gasteiger charge is 2.11. The summed E-state index contributed by atoms with van der Waals surface area (Å²) in [6, 6.07) is 10.2. The average Bonchev–Trinajstić information content (AvgIpc) is 2.38. The maximum atomic E-state index is 12.8. The zero-order valence-corrected chi connectivity index (χ0v) is 9.81. The van der Waals surface area contributed by atoms with Crippen molar-refractivity contribution in [3.05, 3.63) is 59.4 Å². The number of rotatable bonds is 3. The molecule has 4 heteroatoms. The lowest BCUT2D eigenvalue weighted by atomic mass is 10.0. The van der Waals surface area contributed by atoms with Crippen molar-refractivity contribution in [1.82, 2.24) is 0 Å². The molecule has 0 unspecified atom stereocenters. The summed E-state index contributed by atoms with van der Waals surface area (Å²) >= 11 is 0. The number of nitrogen functional groups attached to an aromatic ring is 1. The number of nitrogens with two attached hydrogens (primary N) is 1. The van der Waals surface area contributed by atoms with Gasteiger partial charge in [-0.05, 0) is 42.5 Å². The van der Waals surface area contributed by atoms with E-state index in [9.17, 15) is 9.18 Å². The lowest BCUT2D eigenvalue weighted by molar-refractivity contribution is 0.103. The molecule has 0 fully saturated rings. The molecule has 92 valence electrons. The molecule has 18 heavy (non-hydrogen) atoms. The standard InChI is InChI=1S/C14H12FNO2/c1-18-13-7-4-10(8-12(13)16)14(17)9-2-5-11(15)6-3-9/h2-8H,16H2,1H3. The number of hydrogen-bond donors (Lipinski definition) is 1. The second kappa shape index (κ2) is 4.87. The lowest BCUT2D eigenvalue weighted by Crippen LogP contribution is -2.03. The van der Waals surface area contributed by atoms with Crippen molar-refractivity contribution in [3.63, 3.8) is 0 Å². The van der Waals surface area contributed by atoms with Gasteiger partial charge in [0.25, 0.3) is 0 Å². The van der Waals surface area contributed by atoms with Crippen LogP contribution in [0.15, 0.2) is 42.5 Å². The van der Waals surface area contributed by atoms with Crippen LogP contribution in [0, 0.1) is 5.82 Å². The van der Waals surface area contributed by atoms with Gasteiger partial charge in [0, 0.05) is 11.1 Å². The minimum atomic E-state index is -0.374. The van der Waals surface area contributed by atoms with Crippen molar-refractivity contribution >= 4 is 11.5 Å². The predicted molar refractivity (Wildman–Crippen MR) is 67.2 cm³/mol. The molecule has 0 radical (unpaired) electrons. The molecule has 0 bridgehead atoms. The number of carbonyl (C=O) groups is 1. The zero-order chi connectivity index (χ0) is 13.1. The monoisotopic (exact) mass is 245 g/mol. The van der Waals surface area contributed by atoms with Crippen LogP contribution in [-0.4, -0.2) is 12.9 Å². The van der Waals surface area contributed by atoms with Crippen molar-refractivity contribution in [1.29, 1.82) is 0 Å². The molecule has 0 spiro atoms. The predicted octanol–water partition coefficient (Wildman–Crippen LogP) is 2.65. The van der Waals surface area contributed by atoms with E-state index in [-0.39, 0.29) is 11.6 Å². The molecule has 0 saturated carbocycles. The highest BCUT2D eigenvalue weighted by molar-refractivity contribution is 6.09. The van der Waals surface area contributed by atoms with Gasteiger partial charge in [0.15, 0.2) is 5.78 Å². The Morgan fingerprint density at radius 3 is 2.28 bits per heavy atom. The topological polar surface area (TPSA) is 52.3 Å². The summed E-state index contributed by atoms with van der Waals surface area (Å²) in [5.74, 6) is -0.0594. The van der Waals surface area contributed by atoms with Gasteiger partial charge in [-0.15, -0.1) is 0 Å². The quantitative estimate of drug-likeness (QED) is 0.668. The Labute approximate surface area is 104 Å². The van der Waals surface area contributed by atoms with Crippen molar-refractivity contribution < 1.29 is 13.9 Å². The van der Waals surface area contributed by atoms with Gasteiger partial charge >= 0.3 is 0 Å². The Morgan fingerprint density at radius 1 is 1.11 bits per heavy atom. The smallest absolute Gasteiger partial charge is 0.193 e. The highest BCUT2D eigenvalue weighted by Crippen LogP contribution is 2.23. The molecule has 0 aliphatic rings. The van der Waals surface area contributed by atoms with Gasteiger partial charge in [-0.2, -0.15) is 0 Å². The van der Waals surface area contributed by atoms with Crippen LogP contribution >= 0.6 is 0 Å². The molecule has 2 aromatic rings. The first-order valence-electron chi connectivity index (χ1n) is 5.35. The largest absolute Gasteiger partial charge is 0.495 e. The van der Waals surface area contributed by atoms with E-state index in [1.807, 2.05) is 0 Å². The Bertz CT molecular complexity index is 579. The fourth-order valence-electron chi connectivity index (χ4n) is 1.64. The van der Waals surface area contributed by atoms with Crippen molar-refractivity contribution in [2.24, 2.45) is 0 Å². The van der Waals surface area contributed by atoms with E-state index in [2.05, 4.69) is 0 Å². The third kappa shape index (κ3) is 2.32. The van der Waals surface area contributed by atoms with Gasteiger partial charge in [0.2, 0.25) is 0 Å². The molecule has 0 aliphatic carbocycles. The van der Waals surface area contributed by atoms with E-state index in [0.717, 1.165) is 0 Å². The Balaban J connectivity index is 2.34. The van der Waals surface area contributed by atoms with Crippen molar-refractivity contribution in [3.8, 4) is 5.75 Å². The molecule has 2 aromatic carbocycles. The van der Waals surface area contributed by atoms with Gasteiger partial charge < -0.3 is 10.5 Å². The Kier molecular flexibility index (Phi) is 3.28. The summed E-state index contributed by atoms with van der Waals surface area (Å²) in [4.78, 5) is 12.1. The zero-order valence-electron chi connectivity index (χ0n) is 9.81. The summed E-state index contributed by atoms with van der Waals surface area (Å²) in [6.07, 6.45) is 0. The Morgan fingerprint density at radius 2 is 1.72 bits per heavy atom. The van der Waals surface area contributed by atoms with E-state index >= 15 is 0 Å². The first-order chi connectivity index (χ1) is 8.61. The maximum absolute atomic E-state index is 12.8. The van der Waals surface area contributed by atoms with Crippen LogP contribution in [0.2, 0.25) is 0 Å². The van der Waals surface area contributed by atoms with Gasteiger partial charge in [0.05, 0.1) is 12.8 Å². The molecule has 0 saturated heterocycles. The first-order valence-corrected chi connectivity index (χ1v) is 5.35. The summed E-state index contributed by atoms with van der Waals surface area (Å²) in [6.45, 7) is 0. The van der Waals surface area contributed by atoms with Gasteiger partial charge in [-0.3, -0.25) is 4.79 Å². The molecule has 2 N–H and O–H groups in total. The third-order valence-corrected chi connectivity index (χ3v) is 2.60. The number of halogens is 1. The summed E-state index contributed by atoms with van der Waals surface area (Å²) in [7, 11) is 1.51. The van der Waals surface area contributed by atoms with Crippen LogP contribution in [0.4, 0.5) is 10.1 Å². The molecule has 0 aromatic heterocycles. The van der Waals surface area contributed by atoms with Gasteiger partial charge in [-0.25, -0.2) is 4.39 Å². The van der Waals surface area contributed by atoms with E-state index in [1.54, 1.807) is 18.2 Å². The minimum absolute atomic E-state index is 0.204. The number of hydrogen-bond acceptors (Lipinski definition) is 3. The average molecular weight is 245 g/mol. The third-order valence-electron chi connectivity index (χ3n) is 2.60. The van der Waals surface area contributed by atoms with Crippen molar-refractivity contribution in [2.45, 2.75) is 0 Å². The van der Waals surface area contributed by atoms with E-state index in [0.29, 0.717) is 22.6 Å². The molecule has 0 heterocycles. The molecule has 2 rings (SSSR count). The van der Waals surface area contributed by atoms with Crippen molar-refractivity contribution in [2.75, 3.05) is 12.8 Å². The Hall–Kier alpha value is -2.36. The number of benzene rings is 2. The number of ketones is 1. The van der Waals surface area contributed by atoms with E-state index in [1.165, 1.54) is 31.4 Å². The number of methoxy groups -OCH3 is 1. The number of carbonyl (C=O) groups excluding carboxylic acids is 1. The molecule has 0 amide bonds. The van der Waals surface area contributed by atoms with Crippen LogP contribution in [0.3, 0.4) is 0 Å². The normalized spacial score (nSPS) is 10.1. The molecule has 3 nitrogen and oxygen atoms in total. The second-order valence-electron chi connectivity index (χ2n) is 3.79. The SMILES string of the molecule is COc1ccc(C(=O)c2ccc(F)cc2)cc1N. The summed E-state index contributed by atoms with van der Waals surface area (Å²) < 4.78 is 17.8. The highest BCUT2D eigenvalue weighted by atomic mass is 19.1. The minimum Gasteiger partial charge on any atom is -0.495 e. The van der Waals surface area contributed by atoms with Gasteiger partial charge in [-0.1, -0.05) is 0 Å². The molecule has 0 atom stereocenters. The van der Waals surface area contributed by atoms with E-state index < -0.39 is 0 Å². The summed E-state index contributed by atoms with van der Waals surface area (Å²) in [5.41, 5.74) is 6.99. The number of anilines is 1. The second-order valence-corrected chi connectivity index (χ2v) is 3.79. The fraction of sp³-hybridized carbons (Fsp3) is 0.0714. The molecular formula is C14H12FNO2. The van der Waals surface area contributed by atoms with Crippen LogP contribution in [-0.2, 0) is 0 Å². The molecule has 0 aliphatic heterocycles. The van der Waals surface area contributed by atoms with E-state index in [4.69, 9.17) is 10.5 Å². The molecular weight excluding hydrogens is 233 g/mol. The maximum Gasteiger partial charge on any atom is 0.193 e. The fourth-order valence-corrected chi connectivity index (χ4v) is 1.64. The van der Waals surface area contributed by atoms with Gasteiger partial charge in [0.1, 0.15) is 11.6 Å². The lowest BCUT2D eigenvalue weighted by Gasteiger charge is -2.06. The first kappa shape index (κ1) is 12.1. The van der Waals surface area contributed by atoms with Crippen LogP contribution in [0.5, 0.6) is 5.75 Å². The number of ether oxygens (including phenoxy) is 1. The van der Waals surface area contributed by atoms with Crippen LogP contribution in [0.1, 0.15) is 15.9 Å². The van der Waals surface area contributed by atoms with Crippen LogP contribution in [0.25, 0.3) is 0 Å².